The summed E-state index contributed by atoms with van der Waals surface area (Å²) in [5.74, 6) is 0.439. The summed E-state index contributed by atoms with van der Waals surface area (Å²) in [7, 11) is 0. The number of rotatable bonds is 4. The highest BCUT2D eigenvalue weighted by Crippen LogP contribution is 2.34. The molecular weight excluding hydrogens is 334 g/mol. The van der Waals surface area contributed by atoms with E-state index in [1.807, 2.05) is 23.5 Å². The summed E-state index contributed by atoms with van der Waals surface area (Å²) in [5.41, 5.74) is 0.723. The lowest BCUT2D eigenvalue weighted by atomic mass is 9.91. The zero-order chi connectivity index (χ0) is 17.2. The Bertz CT molecular complexity index is 733. The first-order chi connectivity index (χ1) is 12.2. The maximum atomic E-state index is 12.5. The molecule has 4 heterocycles. The molecule has 2 aromatic heterocycles. The summed E-state index contributed by atoms with van der Waals surface area (Å²) < 4.78 is 6.10. The van der Waals surface area contributed by atoms with Crippen molar-refractivity contribution in [3.8, 4) is 0 Å². The third-order valence-corrected chi connectivity index (χ3v) is 6.02. The third kappa shape index (κ3) is 3.92. The Hall–Kier alpha value is -1.76. The second-order valence-corrected chi connectivity index (χ2v) is 8.30. The molecule has 0 unspecified atom stereocenters. The Kier molecular flexibility index (Phi) is 4.83. The predicted octanol–water partition coefficient (Wildman–Crippen LogP) is 3.07. The van der Waals surface area contributed by atoms with Crippen LogP contribution in [0.3, 0.4) is 0 Å². The van der Waals surface area contributed by atoms with Gasteiger partial charge in [0.25, 0.3) is 5.91 Å². The number of carbonyl (C=O) groups is 1. The number of hydrogen-bond donors (Lipinski definition) is 1. The molecule has 2 fully saturated rings. The number of nitrogens with one attached hydrogen (secondary N) is 1. The maximum absolute atomic E-state index is 12.5. The number of piperidine rings is 1. The Morgan fingerprint density at radius 1 is 1.44 bits per heavy atom. The van der Waals surface area contributed by atoms with E-state index in [0.29, 0.717) is 5.92 Å². The van der Waals surface area contributed by atoms with Crippen LogP contribution in [0, 0.1) is 12.8 Å². The Morgan fingerprint density at radius 3 is 3.12 bits per heavy atom. The van der Waals surface area contributed by atoms with Gasteiger partial charge >= 0.3 is 0 Å². The molecule has 1 amide bonds. The minimum absolute atomic E-state index is 0.0529. The van der Waals surface area contributed by atoms with Crippen LogP contribution >= 0.6 is 11.3 Å². The molecule has 0 aliphatic carbocycles. The first-order valence-corrected chi connectivity index (χ1v) is 9.63. The molecule has 3 atom stereocenters. The van der Waals surface area contributed by atoms with E-state index < -0.39 is 0 Å². The number of fused-ring (bicyclic) bond motifs is 1. The van der Waals surface area contributed by atoms with Crippen LogP contribution in [0.25, 0.3) is 0 Å². The number of pyridine rings is 1. The average Bonchev–Trinajstić information content (AvgIpc) is 3.21. The van der Waals surface area contributed by atoms with E-state index in [2.05, 4.69) is 34.3 Å². The van der Waals surface area contributed by atoms with Crippen molar-refractivity contribution in [2.24, 2.45) is 5.92 Å². The third-order valence-electron chi connectivity index (χ3n) is 5.03. The standard InChI is InChI=1S/C19H23N3O2S/c1-13-4-5-16(25-13)11-22-8-6-14-9-17(24-18(14)12-22)19(23)21-15-3-2-7-20-10-15/h2-5,7,10,14,17-18H,6,8-9,11-12H2,1H3,(H,21,23)/t14-,17+,18+/m0/s1. The molecule has 132 valence electrons. The molecule has 2 aliphatic heterocycles. The van der Waals surface area contributed by atoms with Crippen molar-refractivity contribution in [1.82, 2.24) is 9.88 Å². The number of aromatic nitrogens is 1. The quantitative estimate of drug-likeness (QED) is 0.914. The normalized spacial score (nSPS) is 26.4. The van der Waals surface area contributed by atoms with Crippen LogP contribution in [0.1, 0.15) is 22.6 Å². The van der Waals surface area contributed by atoms with Gasteiger partial charge in [-0.1, -0.05) is 0 Å². The van der Waals surface area contributed by atoms with E-state index >= 15 is 0 Å². The van der Waals surface area contributed by atoms with Gasteiger partial charge < -0.3 is 10.1 Å². The van der Waals surface area contributed by atoms with Gasteiger partial charge in [-0.05, 0) is 56.5 Å². The lowest BCUT2D eigenvalue weighted by Gasteiger charge is -2.33. The number of ether oxygens (including phenoxy) is 1. The number of hydrogen-bond acceptors (Lipinski definition) is 5. The topological polar surface area (TPSA) is 54.5 Å². The number of likely N-dealkylation sites (tertiary alicyclic amines) is 1. The molecule has 0 saturated carbocycles. The fourth-order valence-corrected chi connectivity index (χ4v) is 4.69. The van der Waals surface area contributed by atoms with Crippen molar-refractivity contribution in [3.63, 3.8) is 0 Å². The highest BCUT2D eigenvalue weighted by molar-refractivity contribution is 7.11. The van der Waals surface area contributed by atoms with E-state index in [1.165, 1.54) is 9.75 Å². The SMILES string of the molecule is Cc1ccc(CN2CC[C@H]3C[C@H](C(=O)Nc4cccnc4)O[C@@H]3C2)s1. The zero-order valence-electron chi connectivity index (χ0n) is 14.4. The van der Waals surface area contributed by atoms with Crippen LogP contribution in [0.2, 0.25) is 0 Å². The monoisotopic (exact) mass is 357 g/mol. The minimum Gasteiger partial charge on any atom is -0.364 e. The van der Waals surface area contributed by atoms with Crippen LogP contribution in [0.4, 0.5) is 5.69 Å². The van der Waals surface area contributed by atoms with Gasteiger partial charge in [-0.25, -0.2) is 0 Å². The summed E-state index contributed by atoms with van der Waals surface area (Å²) in [6.07, 6.45) is 5.09. The largest absolute Gasteiger partial charge is 0.364 e. The molecule has 2 aromatic rings. The summed E-state index contributed by atoms with van der Waals surface area (Å²) in [4.78, 5) is 21.7. The molecule has 2 aliphatic rings. The van der Waals surface area contributed by atoms with Crippen molar-refractivity contribution in [3.05, 3.63) is 46.4 Å². The molecule has 0 aromatic carbocycles. The van der Waals surface area contributed by atoms with Crippen molar-refractivity contribution in [2.75, 3.05) is 18.4 Å². The van der Waals surface area contributed by atoms with Crippen LogP contribution in [0.15, 0.2) is 36.7 Å². The first-order valence-electron chi connectivity index (χ1n) is 8.81. The van der Waals surface area contributed by atoms with E-state index in [0.717, 1.165) is 38.2 Å². The molecule has 0 bridgehead atoms. The predicted molar refractivity (Wildman–Crippen MR) is 98.6 cm³/mol. The Balaban J connectivity index is 1.33. The van der Waals surface area contributed by atoms with Crippen LogP contribution in [-0.4, -0.2) is 41.1 Å². The lowest BCUT2D eigenvalue weighted by Crippen LogP contribution is -2.41. The first kappa shape index (κ1) is 16.7. The number of amides is 1. The van der Waals surface area contributed by atoms with Crippen LogP contribution in [0.5, 0.6) is 0 Å². The van der Waals surface area contributed by atoms with Gasteiger partial charge in [0.2, 0.25) is 0 Å². The molecule has 6 heteroatoms. The van der Waals surface area contributed by atoms with Gasteiger partial charge in [0.15, 0.2) is 0 Å². The van der Waals surface area contributed by atoms with Crippen molar-refractivity contribution < 1.29 is 9.53 Å². The second kappa shape index (κ2) is 7.23. The Morgan fingerprint density at radius 2 is 2.36 bits per heavy atom. The molecule has 2 saturated heterocycles. The number of anilines is 1. The summed E-state index contributed by atoms with van der Waals surface area (Å²) in [5, 5.41) is 2.91. The smallest absolute Gasteiger partial charge is 0.253 e. The lowest BCUT2D eigenvalue weighted by molar-refractivity contribution is -0.127. The molecule has 4 rings (SSSR count). The molecule has 0 radical (unpaired) electrons. The number of thiophene rings is 1. The summed E-state index contributed by atoms with van der Waals surface area (Å²) in [6.45, 7) is 5.13. The molecular formula is C19H23N3O2S. The number of nitrogens with zero attached hydrogens (tertiary/aromatic N) is 2. The van der Waals surface area contributed by atoms with Crippen molar-refractivity contribution in [1.29, 1.82) is 0 Å². The van der Waals surface area contributed by atoms with Crippen LogP contribution < -0.4 is 5.32 Å². The zero-order valence-corrected chi connectivity index (χ0v) is 15.2. The van der Waals surface area contributed by atoms with Gasteiger partial charge in [-0.3, -0.25) is 14.7 Å². The second-order valence-electron chi connectivity index (χ2n) is 6.93. The minimum atomic E-state index is -0.348. The maximum Gasteiger partial charge on any atom is 0.253 e. The van der Waals surface area contributed by atoms with Gasteiger partial charge in [0.1, 0.15) is 6.10 Å². The summed E-state index contributed by atoms with van der Waals surface area (Å²) in [6, 6.07) is 8.05. The van der Waals surface area contributed by atoms with Gasteiger partial charge in [0.05, 0.1) is 18.0 Å². The van der Waals surface area contributed by atoms with E-state index in [9.17, 15) is 4.79 Å². The molecule has 5 nitrogen and oxygen atoms in total. The summed E-state index contributed by atoms with van der Waals surface area (Å²) >= 11 is 1.86. The number of carbonyl (C=O) groups excluding carboxylic acids is 1. The van der Waals surface area contributed by atoms with Crippen molar-refractivity contribution in [2.45, 2.75) is 38.5 Å². The van der Waals surface area contributed by atoms with Gasteiger partial charge in [0, 0.05) is 29.0 Å². The molecule has 1 N–H and O–H groups in total. The number of aryl methyl sites for hydroxylation is 1. The fourth-order valence-electron chi connectivity index (χ4n) is 3.76. The van der Waals surface area contributed by atoms with Crippen molar-refractivity contribution >= 4 is 22.9 Å². The van der Waals surface area contributed by atoms with E-state index in [-0.39, 0.29) is 18.1 Å². The highest BCUT2D eigenvalue weighted by Gasteiger charge is 2.41. The molecule has 25 heavy (non-hydrogen) atoms. The Labute approximate surface area is 152 Å². The van der Waals surface area contributed by atoms with E-state index in [4.69, 9.17) is 4.74 Å². The molecule has 0 spiro atoms. The van der Waals surface area contributed by atoms with Crippen LogP contribution in [-0.2, 0) is 16.1 Å². The van der Waals surface area contributed by atoms with Gasteiger partial charge in [-0.2, -0.15) is 0 Å². The highest BCUT2D eigenvalue weighted by atomic mass is 32.1. The van der Waals surface area contributed by atoms with Gasteiger partial charge in [-0.15, -0.1) is 11.3 Å². The fraction of sp³-hybridized carbons (Fsp3) is 0.474. The average molecular weight is 357 g/mol. The van der Waals surface area contributed by atoms with E-state index in [1.54, 1.807) is 12.4 Å².